The zero-order chi connectivity index (χ0) is 15.2. The second kappa shape index (κ2) is 7.36. The van der Waals surface area contributed by atoms with E-state index in [0.717, 1.165) is 32.1 Å². The summed E-state index contributed by atoms with van der Waals surface area (Å²) in [5.41, 5.74) is 1.44. The van der Waals surface area contributed by atoms with E-state index in [1.165, 1.54) is 18.5 Å². The van der Waals surface area contributed by atoms with E-state index in [-0.39, 0.29) is 0 Å². The molecular formula is C18H24N4. The highest BCUT2D eigenvalue weighted by Gasteiger charge is 2.19. The van der Waals surface area contributed by atoms with Gasteiger partial charge in [-0.1, -0.05) is 37.3 Å². The van der Waals surface area contributed by atoms with Crippen molar-refractivity contribution >= 4 is 5.95 Å². The summed E-state index contributed by atoms with van der Waals surface area (Å²) in [6.07, 6.45) is 4.85. The van der Waals surface area contributed by atoms with Crippen LogP contribution in [0.2, 0.25) is 0 Å². The van der Waals surface area contributed by atoms with E-state index >= 15 is 0 Å². The molecular weight excluding hydrogens is 272 g/mol. The maximum absolute atomic E-state index is 4.34. The van der Waals surface area contributed by atoms with Gasteiger partial charge < -0.3 is 4.90 Å². The molecule has 0 aliphatic carbocycles. The summed E-state index contributed by atoms with van der Waals surface area (Å²) >= 11 is 0. The van der Waals surface area contributed by atoms with Gasteiger partial charge in [0, 0.05) is 38.6 Å². The minimum Gasteiger partial charge on any atom is -0.338 e. The lowest BCUT2D eigenvalue weighted by atomic mass is 9.97. The van der Waals surface area contributed by atoms with Gasteiger partial charge in [0.15, 0.2) is 0 Å². The van der Waals surface area contributed by atoms with Crippen LogP contribution in [0.25, 0.3) is 0 Å². The lowest BCUT2D eigenvalue weighted by molar-refractivity contribution is 0.248. The largest absolute Gasteiger partial charge is 0.338 e. The Morgan fingerprint density at radius 3 is 2.32 bits per heavy atom. The Labute approximate surface area is 132 Å². The normalized spacial score (nSPS) is 17.4. The molecule has 0 N–H and O–H groups in total. The molecule has 0 bridgehead atoms. The van der Waals surface area contributed by atoms with Crippen LogP contribution in [0.3, 0.4) is 0 Å². The SMILES string of the molecule is C[C@H](CCN1CCN(c2ncccn2)CC1)c1ccccc1. The first-order valence-electron chi connectivity index (χ1n) is 8.12. The van der Waals surface area contributed by atoms with Crippen LogP contribution in [0.5, 0.6) is 0 Å². The third kappa shape index (κ3) is 3.83. The molecule has 3 rings (SSSR count). The van der Waals surface area contributed by atoms with Crippen LogP contribution in [0.4, 0.5) is 5.95 Å². The number of aromatic nitrogens is 2. The maximum atomic E-state index is 4.34. The molecule has 22 heavy (non-hydrogen) atoms. The van der Waals surface area contributed by atoms with Gasteiger partial charge in [-0.05, 0) is 30.5 Å². The van der Waals surface area contributed by atoms with E-state index in [2.05, 4.69) is 57.0 Å². The summed E-state index contributed by atoms with van der Waals surface area (Å²) in [6.45, 7) is 7.72. The van der Waals surface area contributed by atoms with Crippen LogP contribution in [0, 0.1) is 0 Å². The zero-order valence-corrected chi connectivity index (χ0v) is 13.2. The fourth-order valence-electron chi connectivity index (χ4n) is 2.95. The summed E-state index contributed by atoms with van der Waals surface area (Å²) in [6, 6.07) is 12.7. The molecule has 2 aromatic rings. The smallest absolute Gasteiger partial charge is 0.225 e. The number of nitrogens with zero attached hydrogens (tertiary/aromatic N) is 4. The number of anilines is 1. The van der Waals surface area contributed by atoms with Crippen LogP contribution in [-0.2, 0) is 0 Å². The second-order valence-corrected chi connectivity index (χ2v) is 5.98. The van der Waals surface area contributed by atoms with Gasteiger partial charge in [-0.15, -0.1) is 0 Å². The fourth-order valence-corrected chi connectivity index (χ4v) is 2.95. The Hall–Kier alpha value is -1.94. The molecule has 1 aromatic heterocycles. The molecule has 0 amide bonds. The predicted molar refractivity (Wildman–Crippen MR) is 90.2 cm³/mol. The number of hydrogen-bond acceptors (Lipinski definition) is 4. The van der Waals surface area contributed by atoms with E-state index < -0.39 is 0 Å². The summed E-state index contributed by atoms with van der Waals surface area (Å²) in [5.74, 6) is 1.48. The second-order valence-electron chi connectivity index (χ2n) is 5.98. The Bertz CT molecular complexity index is 550. The summed E-state index contributed by atoms with van der Waals surface area (Å²) in [4.78, 5) is 13.5. The van der Waals surface area contributed by atoms with Gasteiger partial charge >= 0.3 is 0 Å². The Morgan fingerprint density at radius 1 is 0.955 bits per heavy atom. The van der Waals surface area contributed by atoms with Gasteiger partial charge in [-0.25, -0.2) is 9.97 Å². The molecule has 1 aliphatic rings. The van der Waals surface area contributed by atoms with Gasteiger partial charge in [0.1, 0.15) is 0 Å². The average molecular weight is 296 g/mol. The fraction of sp³-hybridized carbons (Fsp3) is 0.444. The van der Waals surface area contributed by atoms with Crippen molar-refractivity contribution in [1.29, 1.82) is 0 Å². The van der Waals surface area contributed by atoms with Crippen molar-refractivity contribution in [3.8, 4) is 0 Å². The molecule has 2 heterocycles. The van der Waals surface area contributed by atoms with Crippen molar-refractivity contribution in [2.24, 2.45) is 0 Å². The van der Waals surface area contributed by atoms with Gasteiger partial charge in [0.25, 0.3) is 0 Å². The topological polar surface area (TPSA) is 32.3 Å². The monoisotopic (exact) mass is 296 g/mol. The third-order valence-electron chi connectivity index (χ3n) is 4.45. The van der Waals surface area contributed by atoms with Gasteiger partial charge in [0.05, 0.1) is 0 Å². The molecule has 1 aromatic carbocycles. The van der Waals surface area contributed by atoms with E-state index in [0.29, 0.717) is 5.92 Å². The van der Waals surface area contributed by atoms with Gasteiger partial charge in [0.2, 0.25) is 5.95 Å². The lowest BCUT2D eigenvalue weighted by Crippen LogP contribution is -2.47. The molecule has 0 spiro atoms. The Balaban J connectivity index is 1.44. The number of benzene rings is 1. The first-order chi connectivity index (χ1) is 10.8. The minimum absolute atomic E-state index is 0.622. The standard InChI is InChI=1S/C18H24N4/c1-16(17-6-3-2-4-7-17)8-11-21-12-14-22(15-13-21)18-19-9-5-10-20-18/h2-7,9-10,16H,8,11-15H2,1H3/t16-/m1/s1. The molecule has 1 fully saturated rings. The van der Waals surface area contributed by atoms with E-state index in [1.807, 2.05) is 18.5 Å². The van der Waals surface area contributed by atoms with Crippen LogP contribution >= 0.6 is 0 Å². The van der Waals surface area contributed by atoms with Crippen LogP contribution in [0.1, 0.15) is 24.8 Å². The number of hydrogen-bond donors (Lipinski definition) is 0. The molecule has 4 nitrogen and oxygen atoms in total. The highest BCUT2D eigenvalue weighted by molar-refractivity contribution is 5.29. The van der Waals surface area contributed by atoms with Crippen molar-refractivity contribution in [3.63, 3.8) is 0 Å². The molecule has 4 heteroatoms. The predicted octanol–water partition coefficient (Wildman–Crippen LogP) is 2.79. The number of piperazine rings is 1. The first kappa shape index (κ1) is 15.0. The van der Waals surface area contributed by atoms with Crippen molar-refractivity contribution in [1.82, 2.24) is 14.9 Å². The highest BCUT2D eigenvalue weighted by atomic mass is 15.3. The van der Waals surface area contributed by atoms with Gasteiger partial charge in [-0.3, -0.25) is 4.90 Å². The van der Waals surface area contributed by atoms with Gasteiger partial charge in [-0.2, -0.15) is 0 Å². The molecule has 116 valence electrons. The van der Waals surface area contributed by atoms with E-state index in [1.54, 1.807) is 0 Å². The Kier molecular flexibility index (Phi) is 5.01. The summed E-state index contributed by atoms with van der Waals surface area (Å²) in [5, 5.41) is 0. The first-order valence-corrected chi connectivity index (χ1v) is 8.12. The Morgan fingerprint density at radius 2 is 1.64 bits per heavy atom. The maximum Gasteiger partial charge on any atom is 0.225 e. The highest BCUT2D eigenvalue weighted by Crippen LogP contribution is 2.19. The molecule has 1 aliphatic heterocycles. The van der Waals surface area contributed by atoms with Crippen molar-refractivity contribution in [2.75, 3.05) is 37.6 Å². The summed E-state index contributed by atoms with van der Waals surface area (Å²) < 4.78 is 0. The molecule has 0 radical (unpaired) electrons. The van der Waals surface area contributed by atoms with Crippen molar-refractivity contribution in [2.45, 2.75) is 19.3 Å². The molecule has 1 saturated heterocycles. The molecule has 0 saturated carbocycles. The molecule has 1 atom stereocenters. The van der Waals surface area contributed by atoms with Crippen LogP contribution in [-0.4, -0.2) is 47.6 Å². The van der Waals surface area contributed by atoms with Crippen molar-refractivity contribution in [3.05, 3.63) is 54.4 Å². The van der Waals surface area contributed by atoms with Crippen LogP contribution in [0.15, 0.2) is 48.8 Å². The molecule has 0 unspecified atom stereocenters. The minimum atomic E-state index is 0.622. The average Bonchev–Trinajstić information content (AvgIpc) is 2.61. The van der Waals surface area contributed by atoms with Crippen molar-refractivity contribution < 1.29 is 0 Å². The quantitative estimate of drug-likeness (QED) is 0.849. The summed E-state index contributed by atoms with van der Waals surface area (Å²) in [7, 11) is 0. The van der Waals surface area contributed by atoms with E-state index in [9.17, 15) is 0 Å². The lowest BCUT2D eigenvalue weighted by Gasteiger charge is -2.35. The number of rotatable bonds is 5. The van der Waals surface area contributed by atoms with Crippen LogP contribution < -0.4 is 4.90 Å². The zero-order valence-electron chi connectivity index (χ0n) is 13.2. The third-order valence-corrected chi connectivity index (χ3v) is 4.45. The van der Waals surface area contributed by atoms with E-state index in [4.69, 9.17) is 0 Å².